The van der Waals surface area contributed by atoms with Gasteiger partial charge in [0.1, 0.15) is 17.7 Å². The molecule has 0 unspecified atom stereocenters. The van der Waals surface area contributed by atoms with E-state index in [1.54, 1.807) is 18.2 Å². The molecule has 10 heteroatoms. The van der Waals surface area contributed by atoms with Crippen LogP contribution in [0.4, 0.5) is 4.39 Å². The minimum absolute atomic E-state index is 0.163. The zero-order valence-corrected chi connectivity index (χ0v) is 24.6. The van der Waals surface area contributed by atoms with Gasteiger partial charge in [-0.1, -0.05) is 30.3 Å². The first-order valence-corrected chi connectivity index (χ1v) is 14.8. The zero-order valence-electron chi connectivity index (χ0n) is 24.6. The van der Waals surface area contributed by atoms with Crippen LogP contribution in [0.3, 0.4) is 0 Å². The van der Waals surface area contributed by atoms with Gasteiger partial charge in [-0.2, -0.15) is 0 Å². The largest absolute Gasteiger partial charge is 0.493 e. The van der Waals surface area contributed by atoms with Gasteiger partial charge in [-0.25, -0.2) is 4.39 Å². The van der Waals surface area contributed by atoms with Crippen molar-refractivity contribution in [2.45, 2.75) is 44.5 Å². The first kappa shape index (κ1) is 29.4. The molecule has 2 atom stereocenters. The Morgan fingerprint density at radius 1 is 1.00 bits per heavy atom. The summed E-state index contributed by atoms with van der Waals surface area (Å²) in [6.07, 6.45) is 0.875. The Bertz CT molecular complexity index is 1660. The summed E-state index contributed by atoms with van der Waals surface area (Å²) in [7, 11) is 1.54. The number of carbonyl (C=O) groups is 2. The Balaban J connectivity index is 1.24. The number of carbonyl (C=O) groups excluding carboxylic acids is 2. The van der Waals surface area contributed by atoms with E-state index in [1.165, 1.54) is 19.2 Å². The van der Waals surface area contributed by atoms with Crippen LogP contribution in [-0.4, -0.2) is 60.7 Å². The number of aromatic nitrogens is 1. The number of pyridine rings is 1. The number of hydrogen-bond acceptors (Lipinski definition) is 7. The molecule has 1 aromatic heterocycles. The molecule has 2 N–H and O–H groups in total. The van der Waals surface area contributed by atoms with Crippen LogP contribution in [-0.2, 0) is 29.1 Å². The maximum absolute atomic E-state index is 14.6. The highest BCUT2D eigenvalue weighted by Crippen LogP contribution is 2.29. The Labute approximate surface area is 255 Å². The SMILES string of the molecule is COc1ccc2cc1OCC(=O)N[C@@H]1CN(Cc3ccc4ccccc4n3)CC[C@H]1Oc1cc(F)cc(c1)CNC(=O)CC2. The second-order valence-corrected chi connectivity index (χ2v) is 11.2. The van der Waals surface area contributed by atoms with Gasteiger partial charge < -0.3 is 24.8 Å². The molecule has 44 heavy (non-hydrogen) atoms. The molecule has 228 valence electrons. The highest BCUT2D eigenvalue weighted by atomic mass is 19.1. The Hall–Kier alpha value is -4.70. The molecule has 0 aliphatic carbocycles. The van der Waals surface area contributed by atoms with Gasteiger partial charge in [-0.15, -0.1) is 0 Å². The van der Waals surface area contributed by atoms with Gasteiger partial charge in [0.15, 0.2) is 18.1 Å². The van der Waals surface area contributed by atoms with Crippen LogP contribution in [0.2, 0.25) is 0 Å². The number of ether oxygens (including phenoxy) is 3. The molecule has 0 spiro atoms. The lowest BCUT2D eigenvalue weighted by Gasteiger charge is -2.38. The monoisotopic (exact) mass is 598 g/mol. The molecule has 1 saturated heterocycles. The molecule has 3 aromatic carbocycles. The highest BCUT2D eigenvalue weighted by molar-refractivity contribution is 5.79. The highest BCUT2D eigenvalue weighted by Gasteiger charge is 2.33. The van der Waals surface area contributed by atoms with Crippen LogP contribution in [0.1, 0.15) is 29.7 Å². The number of likely N-dealkylation sites (tertiary alicyclic amines) is 1. The van der Waals surface area contributed by atoms with Gasteiger partial charge in [0.05, 0.1) is 24.4 Å². The van der Waals surface area contributed by atoms with Gasteiger partial charge >= 0.3 is 0 Å². The molecular formula is C34H35FN4O5. The minimum atomic E-state index is -0.458. The molecule has 4 aromatic rings. The molecular weight excluding hydrogens is 563 g/mol. The van der Waals surface area contributed by atoms with Crippen LogP contribution in [0, 0.1) is 5.82 Å². The van der Waals surface area contributed by atoms with Crippen molar-refractivity contribution in [3.05, 3.63) is 95.4 Å². The number of piperidine rings is 1. The van der Waals surface area contributed by atoms with E-state index in [-0.39, 0.29) is 31.4 Å². The lowest BCUT2D eigenvalue weighted by Crippen LogP contribution is -2.57. The summed E-state index contributed by atoms with van der Waals surface area (Å²) >= 11 is 0. The van der Waals surface area contributed by atoms with Crippen molar-refractivity contribution in [2.75, 3.05) is 26.8 Å². The zero-order chi connectivity index (χ0) is 30.5. The molecule has 6 rings (SSSR count). The first-order valence-electron chi connectivity index (χ1n) is 14.8. The number of hydrogen-bond donors (Lipinski definition) is 2. The topological polar surface area (TPSA) is 102 Å². The number of aryl methyl sites for hydroxylation is 1. The molecule has 2 aliphatic rings. The fraction of sp³-hybridized carbons (Fsp3) is 0.324. The second kappa shape index (κ2) is 13.3. The minimum Gasteiger partial charge on any atom is -0.493 e. The number of para-hydroxylation sites is 1. The number of amides is 2. The summed E-state index contributed by atoms with van der Waals surface area (Å²) in [5, 5.41) is 7.05. The standard InChI is InChI=1S/C34H35FN4O5/c1-42-31-10-6-22-7-11-33(40)36-18-23-14-25(35)17-27(15-23)44-30-12-13-39(20-29(30)38-34(41)21-43-32(31)16-22)19-26-9-8-24-4-2-3-5-28(24)37-26/h2-6,8-10,14-17,29-30H,7,11-13,18-21H2,1H3,(H,36,40)(H,38,41)/t29-,30-/m1/s1. The number of benzene rings is 3. The number of methoxy groups -OCH3 is 1. The van der Waals surface area contributed by atoms with E-state index in [1.807, 2.05) is 36.4 Å². The van der Waals surface area contributed by atoms with Gasteiger partial charge in [0, 0.05) is 44.1 Å². The molecule has 3 heterocycles. The summed E-state index contributed by atoms with van der Waals surface area (Å²) < 4.78 is 32.3. The van der Waals surface area contributed by atoms with Crippen LogP contribution < -0.4 is 24.8 Å². The second-order valence-electron chi connectivity index (χ2n) is 11.2. The summed E-state index contributed by atoms with van der Waals surface area (Å²) in [4.78, 5) is 32.9. The number of fused-ring (bicyclic) bond motifs is 6. The number of nitrogens with one attached hydrogen (secondary N) is 2. The van der Waals surface area contributed by atoms with E-state index in [2.05, 4.69) is 21.6 Å². The van der Waals surface area contributed by atoms with Crippen LogP contribution in [0.15, 0.2) is 72.8 Å². The van der Waals surface area contributed by atoms with E-state index in [9.17, 15) is 14.0 Å². The van der Waals surface area contributed by atoms with Crippen molar-refractivity contribution in [3.8, 4) is 17.2 Å². The smallest absolute Gasteiger partial charge is 0.258 e. The van der Waals surface area contributed by atoms with E-state index in [4.69, 9.17) is 19.2 Å². The molecule has 0 radical (unpaired) electrons. The Kier molecular flexibility index (Phi) is 8.88. The summed E-state index contributed by atoms with van der Waals surface area (Å²) in [5.74, 6) is 0.327. The predicted octanol–water partition coefficient (Wildman–Crippen LogP) is 4.16. The fourth-order valence-corrected chi connectivity index (χ4v) is 5.74. The fourth-order valence-electron chi connectivity index (χ4n) is 5.74. The van der Waals surface area contributed by atoms with Crippen molar-refractivity contribution in [3.63, 3.8) is 0 Å². The third-order valence-electron chi connectivity index (χ3n) is 7.96. The van der Waals surface area contributed by atoms with Gasteiger partial charge in [0.25, 0.3) is 5.91 Å². The maximum Gasteiger partial charge on any atom is 0.258 e. The van der Waals surface area contributed by atoms with Crippen molar-refractivity contribution >= 4 is 22.7 Å². The number of nitrogens with zero attached hydrogens (tertiary/aromatic N) is 2. The summed E-state index contributed by atoms with van der Waals surface area (Å²) in [6.45, 7) is 1.74. The van der Waals surface area contributed by atoms with Crippen LogP contribution >= 0.6 is 0 Å². The lowest BCUT2D eigenvalue weighted by atomic mass is 10.0. The van der Waals surface area contributed by atoms with Crippen LogP contribution in [0.25, 0.3) is 10.9 Å². The third kappa shape index (κ3) is 7.26. The molecule has 2 aliphatic heterocycles. The van der Waals surface area contributed by atoms with Crippen LogP contribution in [0.5, 0.6) is 17.2 Å². The summed E-state index contributed by atoms with van der Waals surface area (Å²) in [6, 6.07) is 21.5. The predicted molar refractivity (Wildman–Crippen MR) is 163 cm³/mol. The van der Waals surface area contributed by atoms with E-state index < -0.39 is 18.0 Å². The maximum atomic E-state index is 14.6. The van der Waals surface area contributed by atoms with Crippen molar-refractivity contribution in [2.24, 2.45) is 0 Å². The molecule has 0 saturated carbocycles. The average Bonchev–Trinajstić information content (AvgIpc) is 3.02. The lowest BCUT2D eigenvalue weighted by molar-refractivity contribution is -0.125. The van der Waals surface area contributed by atoms with E-state index >= 15 is 0 Å². The van der Waals surface area contributed by atoms with Crippen molar-refractivity contribution < 1.29 is 28.2 Å². The number of rotatable bonds is 3. The normalized spacial score (nSPS) is 19.8. The molecule has 4 bridgehead atoms. The molecule has 9 nitrogen and oxygen atoms in total. The average molecular weight is 599 g/mol. The van der Waals surface area contributed by atoms with Crippen molar-refractivity contribution in [1.29, 1.82) is 0 Å². The quantitative estimate of drug-likeness (QED) is 0.365. The Morgan fingerprint density at radius 2 is 1.89 bits per heavy atom. The van der Waals surface area contributed by atoms with Gasteiger partial charge in [-0.05, 0) is 60.4 Å². The van der Waals surface area contributed by atoms with Crippen molar-refractivity contribution in [1.82, 2.24) is 20.5 Å². The van der Waals surface area contributed by atoms with E-state index in [0.29, 0.717) is 55.3 Å². The Morgan fingerprint density at radius 3 is 2.77 bits per heavy atom. The first-order chi connectivity index (χ1) is 21.4. The van der Waals surface area contributed by atoms with E-state index in [0.717, 1.165) is 22.2 Å². The molecule has 1 fully saturated rings. The van der Waals surface area contributed by atoms with Gasteiger partial charge in [-0.3, -0.25) is 19.5 Å². The summed E-state index contributed by atoms with van der Waals surface area (Å²) in [5.41, 5.74) is 3.32. The van der Waals surface area contributed by atoms with Gasteiger partial charge in [0.2, 0.25) is 5.91 Å². The molecule has 2 amide bonds. The third-order valence-corrected chi connectivity index (χ3v) is 7.96. The number of halogens is 1.